The van der Waals surface area contributed by atoms with Crippen LogP contribution in [0.3, 0.4) is 0 Å². The number of hydrogen-bond donors (Lipinski definition) is 3. The molecule has 0 aromatic heterocycles. The first-order chi connectivity index (χ1) is 8.04. The number of halogens is 1. The van der Waals surface area contributed by atoms with E-state index in [9.17, 15) is 14.5 Å². The molecule has 1 aromatic carbocycles. The Bertz CT molecular complexity index is 429. The second-order valence-corrected chi connectivity index (χ2v) is 5.25. The molecule has 3 N–H and O–H groups in total. The number of phenolic OH excluding ortho intramolecular Hbond substituents is 1. The van der Waals surface area contributed by atoms with Crippen molar-refractivity contribution in [2.75, 3.05) is 0 Å². The van der Waals surface area contributed by atoms with E-state index in [1.165, 1.54) is 26.0 Å². The molecule has 0 unspecified atom stereocenters. The lowest BCUT2D eigenvalue weighted by Gasteiger charge is -2.38. The Kier molecular flexibility index (Phi) is 4.05. The third kappa shape index (κ3) is 3.22. The van der Waals surface area contributed by atoms with Crippen LogP contribution in [0.5, 0.6) is 5.75 Å². The molecule has 6 heteroatoms. The van der Waals surface area contributed by atoms with E-state index in [0.29, 0.717) is 0 Å². The first kappa shape index (κ1) is 15.0. The topological polar surface area (TPSA) is 69.9 Å². The summed E-state index contributed by atoms with van der Waals surface area (Å²) < 4.78 is 18.8. The molecule has 0 aliphatic rings. The molecule has 0 fully saturated rings. The van der Waals surface area contributed by atoms with Crippen molar-refractivity contribution in [3.8, 4) is 5.75 Å². The summed E-state index contributed by atoms with van der Waals surface area (Å²) in [5, 5.41) is 28.8. The van der Waals surface area contributed by atoms with Gasteiger partial charge in [0.15, 0.2) is 0 Å². The third-order valence-electron chi connectivity index (χ3n) is 3.13. The van der Waals surface area contributed by atoms with E-state index in [1.54, 1.807) is 13.8 Å². The van der Waals surface area contributed by atoms with E-state index in [4.69, 9.17) is 9.76 Å². The van der Waals surface area contributed by atoms with Crippen LogP contribution in [0.2, 0.25) is 0 Å². The Balaban J connectivity index is 2.92. The van der Waals surface area contributed by atoms with Gasteiger partial charge in [-0.25, -0.2) is 4.39 Å². The van der Waals surface area contributed by atoms with Crippen LogP contribution in [0.4, 0.5) is 4.39 Å². The van der Waals surface area contributed by atoms with Gasteiger partial charge in [-0.15, -0.1) is 0 Å². The minimum atomic E-state index is -1.52. The van der Waals surface area contributed by atoms with Crippen molar-refractivity contribution in [3.63, 3.8) is 0 Å². The van der Waals surface area contributed by atoms with Crippen LogP contribution >= 0.6 is 0 Å². The largest absolute Gasteiger partial charge is 0.508 e. The molecule has 0 saturated carbocycles. The highest BCUT2D eigenvalue weighted by Gasteiger charge is 2.40. The minimum absolute atomic E-state index is 0.0925. The van der Waals surface area contributed by atoms with Gasteiger partial charge in [-0.05, 0) is 33.8 Å². The number of hydrogen-bond acceptors (Lipinski definition) is 4. The van der Waals surface area contributed by atoms with Crippen LogP contribution in [-0.4, -0.2) is 33.6 Å². The van der Waals surface area contributed by atoms with Crippen LogP contribution in [0.1, 0.15) is 27.7 Å². The van der Waals surface area contributed by atoms with Gasteiger partial charge in [-0.2, -0.15) is 0 Å². The highest BCUT2D eigenvalue weighted by molar-refractivity contribution is 6.60. The summed E-state index contributed by atoms with van der Waals surface area (Å²) in [5.74, 6) is -1.00. The van der Waals surface area contributed by atoms with E-state index in [0.717, 1.165) is 6.07 Å². The molecule has 0 atom stereocenters. The van der Waals surface area contributed by atoms with E-state index in [1.807, 2.05) is 0 Å². The lowest BCUT2D eigenvalue weighted by molar-refractivity contribution is -0.0983. The second kappa shape index (κ2) is 4.88. The van der Waals surface area contributed by atoms with Gasteiger partial charge >= 0.3 is 7.12 Å². The number of aromatic hydroxyl groups is 1. The molecule has 0 saturated heterocycles. The maximum Gasteiger partial charge on any atom is 0.494 e. The monoisotopic (exact) mass is 256 g/mol. The fourth-order valence-corrected chi connectivity index (χ4v) is 1.20. The van der Waals surface area contributed by atoms with Crippen LogP contribution in [0.25, 0.3) is 0 Å². The van der Waals surface area contributed by atoms with Gasteiger partial charge < -0.3 is 19.9 Å². The van der Waals surface area contributed by atoms with Gasteiger partial charge in [0.25, 0.3) is 0 Å². The standard InChI is InChI=1S/C12H18BFO4/c1-11(2,16)12(3,4)18-13(17)9-6-5-8(15)7-10(9)14/h5-7,15-17H,1-4H3. The molecule has 0 aliphatic heterocycles. The lowest BCUT2D eigenvalue weighted by atomic mass is 9.76. The summed E-state index contributed by atoms with van der Waals surface area (Å²) in [6, 6.07) is 3.37. The second-order valence-electron chi connectivity index (χ2n) is 5.25. The van der Waals surface area contributed by atoms with Gasteiger partial charge in [0.1, 0.15) is 11.6 Å². The molecule has 4 nitrogen and oxygen atoms in total. The van der Waals surface area contributed by atoms with Crippen molar-refractivity contribution in [1.29, 1.82) is 0 Å². The Morgan fingerprint density at radius 2 is 1.78 bits per heavy atom. The summed E-state index contributed by atoms with van der Waals surface area (Å²) >= 11 is 0. The predicted molar refractivity (Wildman–Crippen MR) is 67.1 cm³/mol. The van der Waals surface area contributed by atoms with Crippen LogP contribution < -0.4 is 5.46 Å². The Labute approximate surface area is 106 Å². The van der Waals surface area contributed by atoms with Crippen LogP contribution in [0.15, 0.2) is 18.2 Å². The molecule has 100 valence electrons. The van der Waals surface area contributed by atoms with Gasteiger partial charge in [-0.3, -0.25) is 0 Å². The fourth-order valence-electron chi connectivity index (χ4n) is 1.20. The quantitative estimate of drug-likeness (QED) is 0.696. The van der Waals surface area contributed by atoms with Crippen LogP contribution in [0, 0.1) is 5.82 Å². The highest BCUT2D eigenvalue weighted by atomic mass is 19.1. The molecule has 0 heterocycles. The van der Waals surface area contributed by atoms with Crippen molar-refractivity contribution in [2.45, 2.75) is 38.9 Å². The van der Waals surface area contributed by atoms with E-state index >= 15 is 0 Å². The third-order valence-corrected chi connectivity index (χ3v) is 3.13. The van der Waals surface area contributed by atoms with Crippen LogP contribution in [-0.2, 0) is 4.65 Å². The number of rotatable bonds is 4. The van der Waals surface area contributed by atoms with E-state index in [2.05, 4.69) is 0 Å². The zero-order valence-electron chi connectivity index (χ0n) is 10.9. The lowest BCUT2D eigenvalue weighted by Crippen LogP contribution is -2.53. The molecule has 0 spiro atoms. The molecule has 18 heavy (non-hydrogen) atoms. The summed E-state index contributed by atoms with van der Waals surface area (Å²) in [7, 11) is -1.52. The smallest absolute Gasteiger partial charge is 0.494 e. The maximum atomic E-state index is 13.5. The van der Waals surface area contributed by atoms with Crippen molar-refractivity contribution in [3.05, 3.63) is 24.0 Å². The number of aliphatic hydroxyl groups is 1. The molecule has 1 aromatic rings. The van der Waals surface area contributed by atoms with E-state index in [-0.39, 0.29) is 11.2 Å². The Morgan fingerprint density at radius 3 is 2.22 bits per heavy atom. The summed E-state index contributed by atoms with van der Waals surface area (Å²) in [6.07, 6.45) is 0. The average Bonchev–Trinajstić information content (AvgIpc) is 2.14. The molecule has 0 aliphatic carbocycles. The first-order valence-electron chi connectivity index (χ1n) is 5.61. The summed E-state index contributed by atoms with van der Waals surface area (Å²) in [4.78, 5) is 0. The summed E-state index contributed by atoms with van der Waals surface area (Å²) in [6.45, 7) is 6.25. The van der Waals surface area contributed by atoms with Gasteiger partial charge in [0, 0.05) is 11.5 Å². The minimum Gasteiger partial charge on any atom is -0.508 e. The molecule has 1 rings (SSSR count). The molecule has 0 radical (unpaired) electrons. The highest BCUT2D eigenvalue weighted by Crippen LogP contribution is 2.25. The number of benzene rings is 1. The zero-order valence-corrected chi connectivity index (χ0v) is 10.9. The summed E-state index contributed by atoms with van der Waals surface area (Å²) in [5.41, 5.74) is -2.37. The molecular weight excluding hydrogens is 238 g/mol. The predicted octanol–water partition coefficient (Wildman–Crippen LogP) is 0.785. The maximum absolute atomic E-state index is 13.5. The van der Waals surface area contributed by atoms with Crippen molar-refractivity contribution < 1.29 is 24.3 Å². The van der Waals surface area contributed by atoms with Gasteiger partial charge in [0.05, 0.1) is 11.2 Å². The van der Waals surface area contributed by atoms with Gasteiger partial charge in [-0.1, -0.05) is 6.07 Å². The SMILES string of the molecule is CC(C)(O)C(C)(C)OB(O)c1ccc(O)cc1F. The molecular formula is C12H18BFO4. The zero-order chi connectivity index (χ0) is 14.1. The Morgan fingerprint density at radius 1 is 1.22 bits per heavy atom. The van der Waals surface area contributed by atoms with Gasteiger partial charge in [0.2, 0.25) is 0 Å². The molecule has 0 bridgehead atoms. The normalized spacial score (nSPS) is 12.6. The first-order valence-corrected chi connectivity index (χ1v) is 5.61. The molecule has 0 amide bonds. The van der Waals surface area contributed by atoms with E-state index < -0.39 is 24.1 Å². The average molecular weight is 256 g/mol. The fraction of sp³-hybridized carbons (Fsp3) is 0.500. The number of phenols is 1. The van der Waals surface area contributed by atoms with Crippen molar-refractivity contribution >= 4 is 12.6 Å². The van der Waals surface area contributed by atoms with Crippen molar-refractivity contribution in [1.82, 2.24) is 0 Å². The Hall–Kier alpha value is -1.11. The van der Waals surface area contributed by atoms with Crippen molar-refractivity contribution in [2.24, 2.45) is 0 Å².